The van der Waals surface area contributed by atoms with Gasteiger partial charge in [-0.15, -0.1) is 12.4 Å². The van der Waals surface area contributed by atoms with E-state index in [0.717, 1.165) is 6.07 Å². The van der Waals surface area contributed by atoms with Gasteiger partial charge in [0.2, 0.25) is 0 Å². The summed E-state index contributed by atoms with van der Waals surface area (Å²) in [5.74, 6) is -1.79. The summed E-state index contributed by atoms with van der Waals surface area (Å²) in [4.78, 5) is 11.7. The first-order chi connectivity index (χ1) is 8.23. The zero-order chi connectivity index (χ0) is 14.1. The summed E-state index contributed by atoms with van der Waals surface area (Å²) in [6, 6.07) is 1.81. The van der Waals surface area contributed by atoms with Crippen molar-refractivity contribution in [2.45, 2.75) is 26.8 Å². The molecule has 4 nitrogen and oxygen atoms in total. The van der Waals surface area contributed by atoms with Crippen LogP contribution in [0, 0.1) is 18.2 Å². The van der Waals surface area contributed by atoms with Crippen molar-refractivity contribution in [2.75, 3.05) is 7.11 Å². The maximum absolute atomic E-state index is 13.4. The fourth-order valence-electron chi connectivity index (χ4n) is 1.83. The van der Waals surface area contributed by atoms with Gasteiger partial charge in [0, 0.05) is 11.6 Å². The second kappa shape index (κ2) is 6.21. The van der Waals surface area contributed by atoms with Crippen molar-refractivity contribution in [3.05, 3.63) is 29.1 Å². The molecule has 3 N–H and O–H groups in total. The van der Waals surface area contributed by atoms with Gasteiger partial charge in [-0.3, -0.25) is 4.79 Å². The molecule has 0 radical (unpaired) electrons. The summed E-state index contributed by atoms with van der Waals surface area (Å²) >= 11 is 0. The fraction of sp³-hybridized carbons (Fsp3) is 0.462. The number of phenolic OH excluding ortho intramolecular Hbond substituents is 1. The highest BCUT2D eigenvalue weighted by Crippen LogP contribution is 2.39. The topological polar surface area (TPSA) is 72.5 Å². The van der Waals surface area contributed by atoms with Crippen molar-refractivity contribution in [3.8, 4) is 5.75 Å². The van der Waals surface area contributed by atoms with Gasteiger partial charge in [0.15, 0.2) is 11.6 Å². The van der Waals surface area contributed by atoms with Crippen molar-refractivity contribution in [1.29, 1.82) is 0 Å². The second-order valence-corrected chi connectivity index (χ2v) is 4.82. The van der Waals surface area contributed by atoms with Crippen molar-refractivity contribution < 1.29 is 19.0 Å². The van der Waals surface area contributed by atoms with E-state index in [1.165, 1.54) is 13.2 Å². The lowest BCUT2D eigenvalue weighted by Crippen LogP contribution is -2.37. The quantitative estimate of drug-likeness (QED) is 0.839. The van der Waals surface area contributed by atoms with E-state index in [2.05, 4.69) is 4.74 Å². The minimum atomic E-state index is -1.06. The molecule has 0 spiro atoms. The summed E-state index contributed by atoms with van der Waals surface area (Å²) in [6.45, 7) is 4.88. The van der Waals surface area contributed by atoms with E-state index in [-0.39, 0.29) is 18.0 Å². The largest absolute Gasteiger partial charge is 0.505 e. The Morgan fingerprint density at radius 3 is 2.47 bits per heavy atom. The molecular weight excluding hydrogens is 273 g/mol. The van der Waals surface area contributed by atoms with E-state index in [1.54, 1.807) is 20.8 Å². The van der Waals surface area contributed by atoms with Crippen LogP contribution in [0.15, 0.2) is 12.1 Å². The van der Waals surface area contributed by atoms with E-state index < -0.39 is 29.0 Å². The maximum Gasteiger partial charge on any atom is 0.313 e. The molecule has 6 heteroatoms. The van der Waals surface area contributed by atoms with E-state index in [9.17, 15) is 14.3 Å². The molecule has 1 rings (SSSR count). The van der Waals surface area contributed by atoms with Crippen molar-refractivity contribution in [2.24, 2.45) is 11.1 Å². The Hall–Kier alpha value is -1.33. The SMILES string of the molecule is COC(=O)C(C)(C)[C@H](N)c1c(C)ccc(F)c1O.Cl. The first-order valence-electron chi connectivity index (χ1n) is 5.55. The normalized spacial score (nSPS) is 12.5. The molecular formula is C13H19ClFNO3. The number of esters is 1. The fourth-order valence-corrected chi connectivity index (χ4v) is 1.83. The summed E-state index contributed by atoms with van der Waals surface area (Å²) < 4.78 is 18.0. The third kappa shape index (κ3) is 3.16. The molecule has 1 aromatic carbocycles. The number of carbonyl (C=O) groups is 1. The van der Waals surface area contributed by atoms with Crippen LogP contribution in [0.25, 0.3) is 0 Å². The number of benzene rings is 1. The van der Waals surface area contributed by atoms with E-state index in [4.69, 9.17) is 5.73 Å². The maximum atomic E-state index is 13.4. The predicted molar refractivity (Wildman–Crippen MR) is 72.8 cm³/mol. The van der Waals surface area contributed by atoms with Crippen molar-refractivity contribution >= 4 is 18.4 Å². The van der Waals surface area contributed by atoms with E-state index in [0.29, 0.717) is 5.56 Å². The number of halogens is 2. The molecule has 0 unspecified atom stereocenters. The highest BCUT2D eigenvalue weighted by molar-refractivity contribution is 5.85. The van der Waals surface area contributed by atoms with Gasteiger partial charge in [-0.2, -0.15) is 0 Å². The van der Waals surface area contributed by atoms with Crippen LogP contribution in [0.1, 0.15) is 31.0 Å². The Morgan fingerprint density at radius 1 is 1.47 bits per heavy atom. The number of hydrogen-bond donors (Lipinski definition) is 2. The molecule has 1 aromatic rings. The standard InChI is InChI=1S/C13H18FNO3.ClH/c1-7-5-6-8(14)10(16)9(7)11(15)13(2,3)12(17)18-4;/h5-6,11,16H,15H2,1-4H3;1H/t11-;/m1./s1. The highest BCUT2D eigenvalue weighted by Gasteiger charge is 2.38. The lowest BCUT2D eigenvalue weighted by molar-refractivity contribution is -0.152. The zero-order valence-corrected chi connectivity index (χ0v) is 12.2. The molecule has 0 heterocycles. The summed E-state index contributed by atoms with van der Waals surface area (Å²) in [5, 5.41) is 9.76. The highest BCUT2D eigenvalue weighted by atomic mass is 35.5. The third-order valence-corrected chi connectivity index (χ3v) is 3.19. The van der Waals surface area contributed by atoms with Gasteiger partial charge in [-0.25, -0.2) is 4.39 Å². The third-order valence-electron chi connectivity index (χ3n) is 3.19. The number of hydrogen-bond acceptors (Lipinski definition) is 4. The zero-order valence-electron chi connectivity index (χ0n) is 11.4. The minimum absolute atomic E-state index is 0. The first-order valence-corrected chi connectivity index (χ1v) is 5.55. The number of nitrogens with two attached hydrogens (primary N) is 1. The van der Waals surface area contributed by atoms with Crippen LogP contribution in [-0.4, -0.2) is 18.2 Å². The molecule has 19 heavy (non-hydrogen) atoms. The molecule has 0 aromatic heterocycles. The molecule has 1 atom stereocenters. The van der Waals surface area contributed by atoms with Crippen molar-refractivity contribution in [3.63, 3.8) is 0 Å². The van der Waals surface area contributed by atoms with Gasteiger partial charge >= 0.3 is 5.97 Å². The van der Waals surface area contributed by atoms with Crippen LogP contribution in [0.2, 0.25) is 0 Å². The molecule has 0 aliphatic rings. The number of carbonyl (C=O) groups excluding carboxylic acids is 1. The summed E-state index contributed by atoms with van der Waals surface area (Å²) in [5.41, 5.74) is 5.78. The van der Waals surface area contributed by atoms with Gasteiger partial charge < -0.3 is 15.6 Å². The van der Waals surface area contributed by atoms with Crippen molar-refractivity contribution in [1.82, 2.24) is 0 Å². The summed E-state index contributed by atoms with van der Waals surface area (Å²) in [7, 11) is 1.26. The number of aryl methyl sites for hydroxylation is 1. The number of methoxy groups -OCH3 is 1. The molecule has 0 bridgehead atoms. The van der Waals surface area contributed by atoms with Crippen LogP contribution < -0.4 is 5.73 Å². The van der Waals surface area contributed by atoms with Crippen LogP contribution in [0.3, 0.4) is 0 Å². The minimum Gasteiger partial charge on any atom is -0.505 e. The number of phenols is 1. The predicted octanol–water partition coefficient (Wildman–Crippen LogP) is 2.46. The summed E-state index contributed by atoms with van der Waals surface area (Å²) in [6.07, 6.45) is 0. The lowest BCUT2D eigenvalue weighted by atomic mass is 9.79. The smallest absolute Gasteiger partial charge is 0.313 e. The Balaban J connectivity index is 0.00000324. The monoisotopic (exact) mass is 291 g/mol. The first kappa shape index (κ1) is 17.7. The average Bonchev–Trinajstić information content (AvgIpc) is 2.33. The van der Waals surface area contributed by atoms with Gasteiger partial charge in [0.05, 0.1) is 12.5 Å². The Bertz CT molecular complexity index is 477. The van der Waals surface area contributed by atoms with Gasteiger partial charge in [-0.05, 0) is 32.4 Å². The molecule has 0 aliphatic heterocycles. The number of aromatic hydroxyl groups is 1. The molecule has 0 amide bonds. The number of ether oxygens (including phenoxy) is 1. The molecule has 0 saturated heterocycles. The van der Waals surface area contributed by atoms with Crippen LogP contribution in [0.4, 0.5) is 4.39 Å². The van der Waals surface area contributed by atoms with Gasteiger partial charge in [-0.1, -0.05) is 6.07 Å². The molecule has 0 fully saturated rings. The van der Waals surface area contributed by atoms with Crippen LogP contribution in [-0.2, 0) is 9.53 Å². The Kier molecular flexibility index (Phi) is 5.78. The van der Waals surface area contributed by atoms with Crippen LogP contribution >= 0.6 is 12.4 Å². The lowest BCUT2D eigenvalue weighted by Gasteiger charge is -2.30. The molecule has 0 aliphatic carbocycles. The average molecular weight is 292 g/mol. The Morgan fingerprint density at radius 2 is 2.00 bits per heavy atom. The van der Waals surface area contributed by atoms with E-state index >= 15 is 0 Å². The Labute approximate surface area is 118 Å². The van der Waals surface area contributed by atoms with Gasteiger partial charge in [0.1, 0.15) is 0 Å². The molecule has 0 saturated carbocycles. The number of rotatable bonds is 3. The van der Waals surface area contributed by atoms with Gasteiger partial charge in [0.25, 0.3) is 0 Å². The molecule has 108 valence electrons. The second-order valence-electron chi connectivity index (χ2n) is 4.82. The van der Waals surface area contributed by atoms with Crippen LogP contribution in [0.5, 0.6) is 5.75 Å². The van der Waals surface area contributed by atoms with E-state index in [1.807, 2.05) is 0 Å².